The van der Waals surface area contributed by atoms with Gasteiger partial charge in [-0.1, -0.05) is 60.7 Å². The number of carbonyl (C=O) groups excluding carboxylic acids is 1. The zero-order chi connectivity index (χ0) is 16.4. The molecule has 2 aromatic carbocycles. The van der Waals surface area contributed by atoms with E-state index in [1.807, 2.05) is 78.9 Å². The third-order valence-corrected chi connectivity index (χ3v) is 3.95. The van der Waals surface area contributed by atoms with Crippen molar-refractivity contribution in [1.29, 1.82) is 0 Å². The first-order chi connectivity index (χ1) is 11.8. The lowest BCUT2D eigenvalue weighted by Gasteiger charge is -2.01. The van der Waals surface area contributed by atoms with E-state index in [1.54, 1.807) is 6.26 Å². The number of nitrogens with one attached hydrogen (secondary N) is 1. The van der Waals surface area contributed by atoms with Crippen molar-refractivity contribution in [1.82, 2.24) is 4.98 Å². The van der Waals surface area contributed by atoms with Crippen LogP contribution in [0.15, 0.2) is 89.5 Å². The Bertz CT molecular complexity index is 952. The standard InChI is InChI=1S/C21H15NO2/c23-21(16-10-5-2-6-11-16)20-17(19-12-7-13-24-19)14-18(22-20)15-8-3-1-4-9-15/h1-14,22H. The molecule has 3 heteroatoms. The van der Waals surface area contributed by atoms with E-state index in [0.29, 0.717) is 17.0 Å². The van der Waals surface area contributed by atoms with Gasteiger partial charge in [0.2, 0.25) is 5.78 Å². The van der Waals surface area contributed by atoms with Crippen molar-refractivity contribution in [2.75, 3.05) is 0 Å². The average Bonchev–Trinajstić information content (AvgIpc) is 3.32. The third-order valence-electron chi connectivity index (χ3n) is 3.95. The van der Waals surface area contributed by atoms with Crippen LogP contribution in [0.3, 0.4) is 0 Å². The fourth-order valence-corrected chi connectivity index (χ4v) is 2.77. The van der Waals surface area contributed by atoms with Crippen molar-refractivity contribution in [3.05, 3.63) is 96.4 Å². The highest BCUT2D eigenvalue weighted by Gasteiger charge is 2.20. The average molecular weight is 313 g/mol. The molecule has 0 aliphatic carbocycles. The minimum Gasteiger partial charge on any atom is -0.464 e. The van der Waals surface area contributed by atoms with Crippen LogP contribution < -0.4 is 0 Å². The summed E-state index contributed by atoms with van der Waals surface area (Å²) in [6.07, 6.45) is 1.61. The van der Waals surface area contributed by atoms with Gasteiger partial charge < -0.3 is 9.40 Å². The Hall–Kier alpha value is -3.33. The summed E-state index contributed by atoms with van der Waals surface area (Å²) in [5, 5.41) is 0. The van der Waals surface area contributed by atoms with E-state index < -0.39 is 0 Å². The van der Waals surface area contributed by atoms with Gasteiger partial charge >= 0.3 is 0 Å². The predicted molar refractivity (Wildman–Crippen MR) is 93.8 cm³/mol. The number of carbonyl (C=O) groups is 1. The van der Waals surface area contributed by atoms with Gasteiger partial charge in [0.1, 0.15) is 5.76 Å². The topological polar surface area (TPSA) is 46.0 Å². The van der Waals surface area contributed by atoms with Crippen molar-refractivity contribution in [3.8, 4) is 22.6 Å². The Morgan fingerprint density at radius 3 is 2.21 bits per heavy atom. The van der Waals surface area contributed by atoms with E-state index in [4.69, 9.17) is 4.42 Å². The Labute approximate surface area is 139 Å². The van der Waals surface area contributed by atoms with Gasteiger partial charge in [0, 0.05) is 16.8 Å². The first-order valence-corrected chi connectivity index (χ1v) is 7.75. The largest absolute Gasteiger partial charge is 0.464 e. The van der Waals surface area contributed by atoms with Crippen LogP contribution in [0.1, 0.15) is 16.1 Å². The number of rotatable bonds is 4. The molecule has 4 aromatic rings. The molecule has 0 atom stereocenters. The maximum Gasteiger partial charge on any atom is 0.209 e. The highest BCUT2D eigenvalue weighted by atomic mass is 16.3. The number of aromatic amines is 1. The van der Waals surface area contributed by atoms with Crippen LogP contribution in [-0.2, 0) is 0 Å². The molecule has 0 spiro atoms. The minimum atomic E-state index is -0.0517. The molecule has 1 N–H and O–H groups in total. The number of aromatic nitrogens is 1. The van der Waals surface area contributed by atoms with Gasteiger partial charge in [-0.3, -0.25) is 4.79 Å². The second-order valence-corrected chi connectivity index (χ2v) is 5.51. The van der Waals surface area contributed by atoms with Crippen molar-refractivity contribution in [2.24, 2.45) is 0 Å². The molecule has 3 nitrogen and oxygen atoms in total. The van der Waals surface area contributed by atoms with Gasteiger partial charge in [-0.05, 0) is 23.8 Å². The molecule has 2 heterocycles. The molecule has 24 heavy (non-hydrogen) atoms. The SMILES string of the molecule is O=C(c1ccccc1)c1[nH]c(-c2ccccc2)cc1-c1ccco1. The minimum absolute atomic E-state index is 0.0517. The summed E-state index contributed by atoms with van der Waals surface area (Å²) in [6, 6.07) is 24.8. The van der Waals surface area contributed by atoms with Crippen LogP contribution in [0.5, 0.6) is 0 Å². The van der Waals surface area contributed by atoms with E-state index >= 15 is 0 Å². The summed E-state index contributed by atoms with van der Waals surface area (Å²) >= 11 is 0. The summed E-state index contributed by atoms with van der Waals surface area (Å²) in [5.41, 5.74) is 3.87. The molecule has 0 radical (unpaired) electrons. The monoisotopic (exact) mass is 313 g/mol. The van der Waals surface area contributed by atoms with Crippen molar-refractivity contribution < 1.29 is 9.21 Å². The molecule has 0 unspecified atom stereocenters. The summed E-state index contributed by atoms with van der Waals surface area (Å²) in [7, 11) is 0. The Morgan fingerprint density at radius 1 is 0.833 bits per heavy atom. The second-order valence-electron chi connectivity index (χ2n) is 5.51. The van der Waals surface area contributed by atoms with Gasteiger partial charge in [-0.15, -0.1) is 0 Å². The molecule has 0 fully saturated rings. The van der Waals surface area contributed by atoms with Gasteiger partial charge in [0.25, 0.3) is 0 Å². The molecule has 0 saturated carbocycles. The molecular formula is C21H15NO2. The first-order valence-electron chi connectivity index (χ1n) is 7.75. The van der Waals surface area contributed by atoms with Gasteiger partial charge in [0.15, 0.2) is 0 Å². The smallest absolute Gasteiger partial charge is 0.209 e. The highest BCUT2D eigenvalue weighted by molar-refractivity contribution is 6.12. The number of hydrogen-bond donors (Lipinski definition) is 1. The Balaban J connectivity index is 1.86. The van der Waals surface area contributed by atoms with Gasteiger partial charge in [0.05, 0.1) is 12.0 Å². The van der Waals surface area contributed by atoms with E-state index in [9.17, 15) is 4.79 Å². The normalized spacial score (nSPS) is 10.7. The van der Waals surface area contributed by atoms with Crippen LogP contribution >= 0.6 is 0 Å². The molecule has 116 valence electrons. The molecule has 0 amide bonds. The zero-order valence-corrected chi connectivity index (χ0v) is 12.9. The van der Waals surface area contributed by atoms with Crippen molar-refractivity contribution in [3.63, 3.8) is 0 Å². The number of benzene rings is 2. The molecule has 0 saturated heterocycles. The van der Waals surface area contributed by atoms with E-state index in [1.165, 1.54) is 0 Å². The lowest BCUT2D eigenvalue weighted by atomic mass is 10.0. The van der Waals surface area contributed by atoms with E-state index in [0.717, 1.165) is 16.8 Å². The van der Waals surface area contributed by atoms with Gasteiger partial charge in [-0.25, -0.2) is 0 Å². The van der Waals surface area contributed by atoms with Crippen LogP contribution in [0.25, 0.3) is 22.6 Å². The summed E-state index contributed by atoms with van der Waals surface area (Å²) in [6.45, 7) is 0. The molecule has 0 aliphatic heterocycles. The van der Waals surface area contributed by atoms with E-state index in [2.05, 4.69) is 4.98 Å². The second kappa shape index (κ2) is 6.05. The molecule has 0 aliphatic rings. The van der Waals surface area contributed by atoms with Crippen LogP contribution in [0.2, 0.25) is 0 Å². The lowest BCUT2D eigenvalue weighted by molar-refractivity contribution is 0.103. The fraction of sp³-hybridized carbons (Fsp3) is 0. The maximum absolute atomic E-state index is 12.9. The Morgan fingerprint density at radius 2 is 1.54 bits per heavy atom. The van der Waals surface area contributed by atoms with Gasteiger partial charge in [-0.2, -0.15) is 0 Å². The summed E-state index contributed by atoms with van der Waals surface area (Å²) in [5.74, 6) is 0.622. The lowest BCUT2D eigenvalue weighted by Crippen LogP contribution is -2.03. The Kier molecular flexibility index (Phi) is 3.60. The highest BCUT2D eigenvalue weighted by Crippen LogP contribution is 2.31. The van der Waals surface area contributed by atoms with Crippen LogP contribution in [-0.4, -0.2) is 10.8 Å². The first kappa shape index (κ1) is 14.3. The van der Waals surface area contributed by atoms with Crippen molar-refractivity contribution >= 4 is 5.78 Å². The van der Waals surface area contributed by atoms with Crippen LogP contribution in [0.4, 0.5) is 0 Å². The van der Waals surface area contributed by atoms with E-state index in [-0.39, 0.29) is 5.78 Å². The molecule has 0 bridgehead atoms. The van der Waals surface area contributed by atoms with Crippen LogP contribution in [0, 0.1) is 0 Å². The molecule has 4 rings (SSSR count). The quantitative estimate of drug-likeness (QED) is 0.528. The zero-order valence-electron chi connectivity index (χ0n) is 12.9. The third kappa shape index (κ3) is 2.57. The number of H-pyrrole nitrogens is 1. The fourth-order valence-electron chi connectivity index (χ4n) is 2.77. The number of ketones is 1. The van der Waals surface area contributed by atoms with Crippen molar-refractivity contribution in [2.45, 2.75) is 0 Å². The number of furan rings is 1. The number of hydrogen-bond acceptors (Lipinski definition) is 2. The molecule has 2 aromatic heterocycles. The summed E-state index contributed by atoms with van der Waals surface area (Å²) < 4.78 is 5.52. The molecular weight excluding hydrogens is 298 g/mol. The summed E-state index contributed by atoms with van der Waals surface area (Å²) in [4.78, 5) is 16.2. The maximum atomic E-state index is 12.9. The predicted octanol–water partition coefficient (Wildman–Crippen LogP) is 5.17.